The average molecular weight is 151 g/mol. The average Bonchev–Trinajstić information content (AvgIpc) is 2.04. The summed E-state index contributed by atoms with van der Waals surface area (Å²) in [4.78, 5) is 10.6. The maximum atomic E-state index is 10.6. The molecule has 0 fully saturated rings. The lowest BCUT2D eigenvalue weighted by Crippen LogP contribution is -2.23. The molecule has 2 nitrogen and oxygen atoms in total. The second kappa shape index (κ2) is 4.18. The van der Waals surface area contributed by atoms with Gasteiger partial charge in [-0.3, -0.25) is 0 Å². The van der Waals surface area contributed by atoms with Crippen LogP contribution in [0, 0.1) is 16.6 Å². The molecule has 0 rings (SSSR count). The van der Waals surface area contributed by atoms with E-state index in [1.807, 2.05) is 20.7 Å². The van der Waals surface area contributed by atoms with E-state index in [4.69, 9.17) is 5.26 Å². The van der Waals surface area contributed by atoms with Gasteiger partial charge in [-0.2, -0.15) is 0 Å². The summed E-state index contributed by atoms with van der Waals surface area (Å²) < 4.78 is 0. The van der Waals surface area contributed by atoms with Crippen LogP contribution in [-0.4, -0.2) is 13.0 Å². The Bertz CT molecular complexity index is 175. The standard InChI is InChI=1S/C8H14BNO/c1-4-8(2,6-11)5-9(3)7-10/h6H,4-5H2,1-3H3. The van der Waals surface area contributed by atoms with E-state index in [9.17, 15) is 4.79 Å². The van der Waals surface area contributed by atoms with E-state index in [0.29, 0.717) is 6.32 Å². The van der Waals surface area contributed by atoms with E-state index in [1.54, 1.807) is 0 Å². The molecule has 0 aromatic rings. The Labute approximate surface area is 68.7 Å². The van der Waals surface area contributed by atoms with Crippen molar-refractivity contribution in [3.8, 4) is 5.97 Å². The van der Waals surface area contributed by atoms with Gasteiger partial charge in [0.25, 0.3) is 6.71 Å². The zero-order chi connectivity index (χ0) is 8.91. The summed E-state index contributed by atoms with van der Waals surface area (Å²) in [5.74, 6) is 2.13. The molecule has 0 amide bonds. The monoisotopic (exact) mass is 151 g/mol. The Morgan fingerprint density at radius 1 is 1.73 bits per heavy atom. The highest BCUT2D eigenvalue weighted by Gasteiger charge is 2.25. The van der Waals surface area contributed by atoms with Gasteiger partial charge in [-0.15, -0.1) is 0 Å². The minimum atomic E-state index is -0.296. The number of carbonyl (C=O) groups is 1. The molecule has 0 spiro atoms. The molecule has 0 aliphatic rings. The molecule has 11 heavy (non-hydrogen) atoms. The smallest absolute Gasteiger partial charge is 0.265 e. The van der Waals surface area contributed by atoms with E-state index in [2.05, 4.69) is 5.97 Å². The number of nitriles is 1. The fraction of sp³-hybridized carbons (Fsp3) is 0.750. The number of hydrogen-bond acceptors (Lipinski definition) is 2. The lowest BCUT2D eigenvalue weighted by atomic mass is 9.46. The molecule has 0 aromatic carbocycles. The van der Waals surface area contributed by atoms with Crippen molar-refractivity contribution in [3.05, 3.63) is 0 Å². The molecule has 0 aromatic heterocycles. The fourth-order valence-electron chi connectivity index (χ4n) is 1.02. The van der Waals surface area contributed by atoms with Crippen LogP contribution in [0.25, 0.3) is 0 Å². The van der Waals surface area contributed by atoms with Crippen molar-refractivity contribution in [2.45, 2.75) is 33.4 Å². The second-order valence-corrected chi connectivity index (χ2v) is 3.36. The van der Waals surface area contributed by atoms with Crippen molar-refractivity contribution < 1.29 is 4.79 Å². The molecule has 0 saturated carbocycles. The van der Waals surface area contributed by atoms with Crippen LogP contribution < -0.4 is 0 Å². The number of nitrogens with zero attached hydrogens (tertiary/aromatic N) is 1. The van der Waals surface area contributed by atoms with Crippen molar-refractivity contribution in [3.63, 3.8) is 0 Å². The molecule has 0 aliphatic heterocycles. The van der Waals surface area contributed by atoms with Gasteiger partial charge in [0.2, 0.25) is 0 Å². The summed E-state index contributed by atoms with van der Waals surface area (Å²) in [7, 11) is 0. The van der Waals surface area contributed by atoms with Gasteiger partial charge in [-0.25, -0.2) is 5.26 Å². The lowest BCUT2D eigenvalue weighted by Gasteiger charge is -2.20. The van der Waals surface area contributed by atoms with Gasteiger partial charge in [0.15, 0.2) is 0 Å². The van der Waals surface area contributed by atoms with Crippen LogP contribution in [-0.2, 0) is 4.79 Å². The molecule has 0 saturated heterocycles. The summed E-state index contributed by atoms with van der Waals surface area (Å²) in [6.07, 6.45) is 2.44. The first-order valence-electron chi connectivity index (χ1n) is 3.94. The Balaban J connectivity index is 4.09. The normalized spacial score (nSPS) is 14.7. The van der Waals surface area contributed by atoms with Crippen molar-refractivity contribution in [2.24, 2.45) is 5.41 Å². The quantitative estimate of drug-likeness (QED) is 0.453. The molecule has 0 radical (unpaired) electrons. The Hall–Kier alpha value is -0.775. The van der Waals surface area contributed by atoms with Crippen molar-refractivity contribution in [2.75, 3.05) is 0 Å². The molecule has 0 aliphatic carbocycles. The predicted molar refractivity (Wildman–Crippen MR) is 46.5 cm³/mol. The van der Waals surface area contributed by atoms with Gasteiger partial charge >= 0.3 is 0 Å². The zero-order valence-corrected chi connectivity index (χ0v) is 7.42. The SMILES string of the molecule is CCC(C)(C=O)CB(C)C#N. The third-order valence-corrected chi connectivity index (χ3v) is 2.09. The highest BCUT2D eigenvalue weighted by atomic mass is 16.1. The van der Waals surface area contributed by atoms with Crippen LogP contribution in [0.5, 0.6) is 0 Å². The van der Waals surface area contributed by atoms with Crippen LogP contribution >= 0.6 is 0 Å². The van der Waals surface area contributed by atoms with E-state index in [0.717, 1.165) is 12.7 Å². The largest absolute Gasteiger partial charge is 0.303 e. The Kier molecular flexibility index (Phi) is 3.88. The van der Waals surface area contributed by atoms with E-state index < -0.39 is 0 Å². The molecule has 1 unspecified atom stereocenters. The molecule has 0 bridgehead atoms. The third-order valence-electron chi connectivity index (χ3n) is 2.09. The summed E-state index contributed by atoms with van der Waals surface area (Å²) in [5, 5.41) is 8.52. The van der Waals surface area contributed by atoms with Gasteiger partial charge < -0.3 is 4.79 Å². The van der Waals surface area contributed by atoms with Crippen LogP contribution in [0.2, 0.25) is 13.1 Å². The van der Waals surface area contributed by atoms with Crippen LogP contribution in [0.4, 0.5) is 0 Å². The van der Waals surface area contributed by atoms with Gasteiger partial charge in [0.1, 0.15) is 6.29 Å². The number of hydrogen-bond donors (Lipinski definition) is 0. The molecule has 0 heterocycles. The van der Waals surface area contributed by atoms with Crippen molar-refractivity contribution in [1.82, 2.24) is 0 Å². The molecular weight excluding hydrogens is 137 g/mol. The van der Waals surface area contributed by atoms with Crippen LogP contribution in [0.1, 0.15) is 20.3 Å². The fourth-order valence-corrected chi connectivity index (χ4v) is 1.02. The van der Waals surface area contributed by atoms with Crippen LogP contribution in [0.3, 0.4) is 0 Å². The van der Waals surface area contributed by atoms with E-state index in [1.165, 1.54) is 0 Å². The lowest BCUT2D eigenvalue weighted by molar-refractivity contribution is -0.114. The zero-order valence-electron chi connectivity index (χ0n) is 7.42. The van der Waals surface area contributed by atoms with E-state index in [-0.39, 0.29) is 12.1 Å². The van der Waals surface area contributed by atoms with Gasteiger partial charge in [-0.05, 0) is 12.7 Å². The number of aldehydes is 1. The minimum absolute atomic E-state index is 0.0230. The first-order chi connectivity index (χ1) is 5.08. The number of rotatable bonds is 4. The maximum absolute atomic E-state index is 10.6. The third kappa shape index (κ3) is 3.22. The highest BCUT2D eigenvalue weighted by molar-refractivity contribution is 6.65. The first kappa shape index (κ1) is 10.2. The second-order valence-electron chi connectivity index (χ2n) is 3.36. The van der Waals surface area contributed by atoms with Crippen molar-refractivity contribution >= 4 is 13.0 Å². The minimum Gasteiger partial charge on any atom is -0.303 e. The summed E-state index contributed by atoms with van der Waals surface area (Å²) in [5.41, 5.74) is -0.296. The molecule has 0 N–H and O–H groups in total. The predicted octanol–water partition coefficient (Wildman–Crippen LogP) is 1.79. The van der Waals surface area contributed by atoms with Crippen LogP contribution in [0.15, 0.2) is 0 Å². The topological polar surface area (TPSA) is 40.9 Å². The highest BCUT2D eigenvalue weighted by Crippen LogP contribution is 2.24. The molecule has 1 atom stereocenters. The summed E-state index contributed by atoms with van der Waals surface area (Å²) >= 11 is 0. The first-order valence-corrected chi connectivity index (χ1v) is 3.94. The van der Waals surface area contributed by atoms with Gasteiger partial charge in [0, 0.05) is 11.4 Å². The molecular formula is C8H14BNO. The Morgan fingerprint density at radius 3 is 2.55 bits per heavy atom. The molecule has 60 valence electrons. The van der Waals surface area contributed by atoms with Gasteiger partial charge in [0.05, 0.1) is 0 Å². The van der Waals surface area contributed by atoms with Crippen molar-refractivity contribution in [1.29, 1.82) is 5.26 Å². The number of carbonyl (C=O) groups excluding carboxylic acids is 1. The Morgan fingerprint density at radius 2 is 2.27 bits per heavy atom. The summed E-state index contributed by atoms with van der Waals surface area (Å²) in [6, 6.07) is 0. The maximum Gasteiger partial charge on any atom is 0.265 e. The summed E-state index contributed by atoms with van der Waals surface area (Å²) in [6.45, 7) is 5.69. The molecule has 3 heteroatoms. The van der Waals surface area contributed by atoms with E-state index >= 15 is 0 Å². The van der Waals surface area contributed by atoms with Gasteiger partial charge in [-0.1, -0.05) is 20.7 Å².